The molecule has 0 saturated carbocycles. The number of benzene rings is 1. The number of H-pyrrole nitrogens is 1. The summed E-state index contributed by atoms with van der Waals surface area (Å²) in [5.74, 6) is -0.707. The number of nitrogens with zero attached hydrogens (tertiary/aromatic N) is 1. The number of halogens is 1. The fourth-order valence-corrected chi connectivity index (χ4v) is 3.98. The minimum absolute atomic E-state index is 0.0582. The molecule has 5 nitrogen and oxygen atoms in total. The minimum Gasteiger partial charge on any atom is -0.369 e. The van der Waals surface area contributed by atoms with Crippen molar-refractivity contribution in [2.75, 3.05) is 5.75 Å². The zero-order chi connectivity index (χ0) is 17.8. The number of fused-ring (bicyclic) bond motifs is 1. The number of hydrogen-bond donors (Lipinski definition) is 2. The first-order valence-electron chi connectivity index (χ1n) is 8.34. The van der Waals surface area contributed by atoms with E-state index >= 15 is 0 Å². The Kier molecular flexibility index (Phi) is 5.53. The number of nitrogens with two attached hydrogens (primary N) is 1. The van der Waals surface area contributed by atoms with Gasteiger partial charge in [0.05, 0.1) is 11.6 Å². The fraction of sp³-hybridized carbons (Fsp3) is 0.389. The summed E-state index contributed by atoms with van der Waals surface area (Å²) in [4.78, 5) is 31.2. The SMILES string of the molecule is NC(=O)C(CCSc1nc2c(c(=O)[nH]1)CCCC2)c1ccc(F)cc1. The fourth-order valence-electron chi connectivity index (χ4n) is 3.09. The van der Waals surface area contributed by atoms with Gasteiger partial charge in [0.2, 0.25) is 5.91 Å². The molecule has 0 aliphatic heterocycles. The summed E-state index contributed by atoms with van der Waals surface area (Å²) in [5, 5.41) is 0.577. The van der Waals surface area contributed by atoms with E-state index in [0.29, 0.717) is 22.9 Å². The van der Waals surface area contributed by atoms with Crippen molar-refractivity contribution in [1.29, 1.82) is 0 Å². The highest BCUT2D eigenvalue weighted by Crippen LogP contribution is 2.25. The molecule has 2 aromatic rings. The molecule has 1 aromatic carbocycles. The molecule has 0 fully saturated rings. The molecule has 1 heterocycles. The third-order valence-corrected chi connectivity index (χ3v) is 5.34. The Morgan fingerprint density at radius 3 is 2.72 bits per heavy atom. The Morgan fingerprint density at radius 1 is 1.28 bits per heavy atom. The lowest BCUT2D eigenvalue weighted by molar-refractivity contribution is -0.119. The van der Waals surface area contributed by atoms with Gasteiger partial charge < -0.3 is 10.7 Å². The van der Waals surface area contributed by atoms with Crippen molar-refractivity contribution in [3.63, 3.8) is 0 Å². The van der Waals surface area contributed by atoms with Crippen molar-refractivity contribution in [3.8, 4) is 0 Å². The van der Waals surface area contributed by atoms with Gasteiger partial charge in [0.1, 0.15) is 5.82 Å². The van der Waals surface area contributed by atoms with E-state index in [1.54, 1.807) is 12.1 Å². The van der Waals surface area contributed by atoms with Gasteiger partial charge >= 0.3 is 0 Å². The van der Waals surface area contributed by atoms with E-state index in [1.807, 2.05) is 0 Å². The first-order valence-corrected chi connectivity index (χ1v) is 9.33. The number of aromatic amines is 1. The Morgan fingerprint density at radius 2 is 2.00 bits per heavy atom. The van der Waals surface area contributed by atoms with Gasteiger partial charge in [-0.3, -0.25) is 9.59 Å². The van der Waals surface area contributed by atoms with Gasteiger partial charge in [-0.1, -0.05) is 23.9 Å². The molecular formula is C18H20FN3O2S. The van der Waals surface area contributed by atoms with Crippen LogP contribution in [0.4, 0.5) is 4.39 Å². The normalized spacial score (nSPS) is 14.8. The smallest absolute Gasteiger partial charge is 0.254 e. The number of amides is 1. The average Bonchev–Trinajstić information content (AvgIpc) is 2.60. The van der Waals surface area contributed by atoms with E-state index in [4.69, 9.17) is 5.73 Å². The van der Waals surface area contributed by atoms with Gasteiger partial charge in [-0.2, -0.15) is 0 Å². The topological polar surface area (TPSA) is 88.8 Å². The molecule has 7 heteroatoms. The summed E-state index contributed by atoms with van der Waals surface area (Å²) in [6.07, 6.45) is 4.21. The zero-order valence-corrected chi connectivity index (χ0v) is 14.6. The number of hydrogen-bond acceptors (Lipinski definition) is 4. The third kappa shape index (κ3) is 4.28. The van der Waals surface area contributed by atoms with Crippen molar-refractivity contribution >= 4 is 17.7 Å². The largest absolute Gasteiger partial charge is 0.369 e. The van der Waals surface area contributed by atoms with E-state index in [1.165, 1.54) is 23.9 Å². The van der Waals surface area contributed by atoms with Crippen molar-refractivity contribution < 1.29 is 9.18 Å². The van der Waals surface area contributed by atoms with Crippen LogP contribution in [-0.2, 0) is 17.6 Å². The van der Waals surface area contributed by atoms with E-state index in [-0.39, 0.29) is 11.4 Å². The summed E-state index contributed by atoms with van der Waals surface area (Å²) in [6, 6.07) is 5.80. The van der Waals surface area contributed by atoms with Crippen LogP contribution in [-0.4, -0.2) is 21.6 Å². The molecule has 25 heavy (non-hydrogen) atoms. The lowest BCUT2D eigenvalue weighted by atomic mass is 9.96. The molecule has 3 rings (SSSR count). The van der Waals surface area contributed by atoms with Crippen LogP contribution in [0.1, 0.15) is 42.0 Å². The molecule has 132 valence electrons. The second-order valence-electron chi connectivity index (χ2n) is 6.15. The quantitative estimate of drug-likeness (QED) is 0.611. The van der Waals surface area contributed by atoms with Gasteiger partial charge in [0, 0.05) is 11.3 Å². The predicted octanol–water partition coefficient (Wildman–Crippen LogP) is 2.54. The Balaban J connectivity index is 1.66. The number of aromatic nitrogens is 2. The van der Waals surface area contributed by atoms with E-state index in [9.17, 15) is 14.0 Å². The molecule has 3 N–H and O–H groups in total. The van der Waals surface area contributed by atoms with Crippen LogP contribution >= 0.6 is 11.8 Å². The molecule has 1 amide bonds. The van der Waals surface area contributed by atoms with Gasteiger partial charge in [-0.05, 0) is 49.8 Å². The predicted molar refractivity (Wildman–Crippen MR) is 95.2 cm³/mol. The minimum atomic E-state index is -0.488. The Bertz CT molecular complexity index is 820. The Hall–Kier alpha value is -2.15. The highest BCUT2D eigenvalue weighted by Gasteiger charge is 2.19. The molecule has 0 spiro atoms. The summed E-state index contributed by atoms with van der Waals surface area (Å²) in [7, 11) is 0. The van der Waals surface area contributed by atoms with E-state index in [0.717, 1.165) is 36.9 Å². The highest BCUT2D eigenvalue weighted by molar-refractivity contribution is 7.99. The maximum Gasteiger partial charge on any atom is 0.254 e. The molecule has 1 aliphatic carbocycles. The van der Waals surface area contributed by atoms with Gasteiger partial charge in [0.15, 0.2) is 5.16 Å². The summed E-state index contributed by atoms with van der Waals surface area (Å²) < 4.78 is 13.0. The summed E-state index contributed by atoms with van der Waals surface area (Å²) in [5.41, 5.74) is 7.82. The Labute approximate surface area is 149 Å². The van der Waals surface area contributed by atoms with Crippen molar-refractivity contribution in [1.82, 2.24) is 9.97 Å². The molecular weight excluding hydrogens is 341 g/mol. The number of rotatable bonds is 6. The van der Waals surface area contributed by atoms with Crippen LogP contribution in [0.3, 0.4) is 0 Å². The van der Waals surface area contributed by atoms with Crippen LogP contribution in [0.15, 0.2) is 34.2 Å². The number of carbonyl (C=O) groups excluding carboxylic acids is 1. The van der Waals surface area contributed by atoms with Crippen LogP contribution in [0.5, 0.6) is 0 Å². The number of nitrogens with one attached hydrogen (secondary N) is 1. The molecule has 0 bridgehead atoms. The standard InChI is InChI=1S/C18H20FN3O2S/c19-12-7-5-11(6-8-12)13(16(20)23)9-10-25-18-21-15-4-2-1-3-14(15)17(24)22-18/h5-8,13H,1-4,9-10H2,(H2,20,23)(H,21,22,24). The first-order chi connectivity index (χ1) is 12.0. The van der Waals surface area contributed by atoms with Crippen LogP contribution in [0, 0.1) is 5.82 Å². The van der Waals surface area contributed by atoms with Crippen LogP contribution in [0.25, 0.3) is 0 Å². The number of thioether (sulfide) groups is 1. The second-order valence-corrected chi connectivity index (χ2v) is 7.23. The van der Waals surface area contributed by atoms with Crippen molar-refractivity contribution in [2.24, 2.45) is 5.73 Å². The van der Waals surface area contributed by atoms with Gasteiger partial charge in [0.25, 0.3) is 5.56 Å². The molecule has 1 aromatic heterocycles. The number of carbonyl (C=O) groups is 1. The molecule has 1 aliphatic rings. The van der Waals surface area contributed by atoms with E-state index < -0.39 is 11.8 Å². The molecule has 1 atom stereocenters. The molecule has 0 saturated heterocycles. The maximum atomic E-state index is 13.0. The second kappa shape index (κ2) is 7.82. The third-order valence-electron chi connectivity index (χ3n) is 4.43. The summed E-state index contributed by atoms with van der Waals surface area (Å²) in [6.45, 7) is 0. The van der Waals surface area contributed by atoms with Crippen LogP contribution < -0.4 is 11.3 Å². The lowest BCUT2D eigenvalue weighted by Crippen LogP contribution is -2.23. The monoisotopic (exact) mass is 361 g/mol. The first kappa shape index (κ1) is 17.7. The van der Waals surface area contributed by atoms with Gasteiger partial charge in [-0.15, -0.1) is 0 Å². The van der Waals surface area contributed by atoms with E-state index in [2.05, 4.69) is 9.97 Å². The van der Waals surface area contributed by atoms with Gasteiger partial charge in [-0.25, -0.2) is 9.37 Å². The van der Waals surface area contributed by atoms with Crippen molar-refractivity contribution in [3.05, 3.63) is 57.3 Å². The van der Waals surface area contributed by atoms with Crippen molar-refractivity contribution in [2.45, 2.75) is 43.2 Å². The molecule has 0 radical (unpaired) electrons. The lowest BCUT2D eigenvalue weighted by Gasteiger charge is -2.15. The number of primary amides is 1. The zero-order valence-electron chi connectivity index (χ0n) is 13.8. The maximum absolute atomic E-state index is 13.0. The highest BCUT2D eigenvalue weighted by atomic mass is 32.2. The van der Waals surface area contributed by atoms with Crippen LogP contribution in [0.2, 0.25) is 0 Å². The summed E-state index contributed by atoms with van der Waals surface area (Å²) >= 11 is 1.40. The molecule has 1 unspecified atom stereocenters. The number of aryl methyl sites for hydroxylation is 1. The average molecular weight is 361 g/mol.